The van der Waals surface area contributed by atoms with Gasteiger partial charge in [-0.3, -0.25) is 14.6 Å². The number of rotatable bonds is 5. The van der Waals surface area contributed by atoms with Gasteiger partial charge in [-0.1, -0.05) is 76.6 Å². The fraction of sp³-hybridized carbons (Fsp3) is 0.0833. The molecule has 0 bridgehead atoms. The zero-order chi connectivity index (χ0) is 21.6. The van der Waals surface area contributed by atoms with Crippen LogP contribution in [-0.4, -0.2) is 36.8 Å². The number of fused-ring (bicyclic) bond motifs is 1. The predicted molar refractivity (Wildman–Crippen MR) is 126 cm³/mol. The maximum atomic E-state index is 12.9. The van der Waals surface area contributed by atoms with Crippen LogP contribution >= 0.6 is 15.9 Å². The van der Waals surface area contributed by atoms with E-state index in [9.17, 15) is 9.59 Å². The van der Waals surface area contributed by atoms with Crippen molar-refractivity contribution >= 4 is 45.4 Å². The van der Waals surface area contributed by atoms with E-state index in [0.29, 0.717) is 5.69 Å². The molecule has 0 radical (unpaired) electrons. The van der Waals surface area contributed by atoms with Gasteiger partial charge in [-0.25, -0.2) is 5.43 Å². The number of anilines is 1. The molecule has 0 unspecified atom stereocenters. The molecule has 31 heavy (non-hydrogen) atoms. The summed E-state index contributed by atoms with van der Waals surface area (Å²) in [6.45, 7) is -0.200. The van der Waals surface area contributed by atoms with Crippen molar-refractivity contribution in [3.8, 4) is 0 Å². The van der Waals surface area contributed by atoms with Crippen molar-refractivity contribution in [1.29, 1.82) is 0 Å². The Morgan fingerprint density at radius 3 is 2.52 bits per heavy atom. The lowest BCUT2D eigenvalue weighted by Crippen LogP contribution is -2.40. The Kier molecular flexibility index (Phi) is 6.33. The van der Waals surface area contributed by atoms with E-state index >= 15 is 0 Å². The Balaban J connectivity index is 1.58. The number of nitrogens with one attached hydrogen (secondary N) is 1. The topological polar surface area (TPSA) is 74.1 Å². The molecule has 4 rings (SSSR count). The summed E-state index contributed by atoms with van der Waals surface area (Å²) >= 11 is 3.50. The average Bonchev–Trinajstić information content (AvgIpc) is 2.92. The number of carbonyl (C=O) groups excluding carboxylic acids is 2. The summed E-state index contributed by atoms with van der Waals surface area (Å²) in [5.41, 5.74) is 6.41. The first-order chi connectivity index (χ1) is 15.1. The highest BCUT2D eigenvalue weighted by Gasteiger charge is 2.26. The summed E-state index contributed by atoms with van der Waals surface area (Å²) in [6.07, 6.45) is 1.56. The first-order valence-electron chi connectivity index (χ1n) is 9.69. The second-order valence-electron chi connectivity index (χ2n) is 6.88. The maximum Gasteiger partial charge on any atom is 0.260 e. The minimum absolute atomic E-state index is 0.0446. The van der Waals surface area contributed by atoms with Crippen molar-refractivity contribution in [2.75, 3.05) is 18.0 Å². The molecule has 3 aromatic carbocycles. The van der Waals surface area contributed by atoms with Crippen molar-refractivity contribution in [3.05, 3.63) is 100 Å². The van der Waals surface area contributed by atoms with Gasteiger partial charge in [-0.05, 0) is 23.8 Å². The molecule has 1 aliphatic heterocycles. The number of amides is 2. The van der Waals surface area contributed by atoms with E-state index in [1.165, 1.54) is 4.90 Å². The number of benzene rings is 3. The van der Waals surface area contributed by atoms with Crippen LogP contribution in [0.2, 0.25) is 0 Å². The fourth-order valence-corrected chi connectivity index (χ4v) is 3.66. The maximum absolute atomic E-state index is 12.9. The van der Waals surface area contributed by atoms with Crippen LogP contribution in [0, 0.1) is 0 Å². The summed E-state index contributed by atoms with van der Waals surface area (Å²) in [6, 6.07) is 24.7. The third-order valence-corrected chi connectivity index (χ3v) is 5.22. The molecule has 0 fully saturated rings. The quantitative estimate of drug-likeness (QED) is 0.451. The Hall–Kier alpha value is -3.58. The van der Waals surface area contributed by atoms with Crippen molar-refractivity contribution in [2.45, 2.75) is 0 Å². The van der Waals surface area contributed by atoms with Gasteiger partial charge in [0.15, 0.2) is 0 Å². The van der Waals surface area contributed by atoms with Gasteiger partial charge in [0.1, 0.15) is 13.1 Å². The van der Waals surface area contributed by atoms with Crippen molar-refractivity contribution in [3.63, 3.8) is 0 Å². The molecule has 6 nitrogen and oxygen atoms in total. The Bertz CT molecular complexity index is 1160. The largest absolute Gasteiger partial charge is 0.301 e. The van der Waals surface area contributed by atoms with Crippen molar-refractivity contribution in [1.82, 2.24) is 5.43 Å². The summed E-state index contributed by atoms with van der Waals surface area (Å²) < 4.78 is 0.862. The number of carbonyl (C=O) groups is 2. The second-order valence-corrected chi connectivity index (χ2v) is 7.79. The lowest BCUT2D eigenvalue weighted by Gasteiger charge is -2.22. The number of hydrogen-bond acceptors (Lipinski definition) is 4. The van der Waals surface area contributed by atoms with E-state index in [1.807, 2.05) is 78.9 Å². The third-order valence-electron chi connectivity index (χ3n) is 4.73. The molecule has 1 N–H and O–H groups in total. The molecule has 0 aliphatic carbocycles. The van der Waals surface area contributed by atoms with Gasteiger partial charge >= 0.3 is 0 Å². The molecule has 2 amide bonds. The van der Waals surface area contributed by atoms with Crippen LogP contribution in [-0.2, 0) is 9.59 Å². The van der Waals surface area contributed by atoms with E-state index in [-0.39, 0.29) is 19.0 Å². The number of hydrogen-bond donors (Lipinski definition) is 1. The van der Waals surface area contributed by atoms with Gasteiger partial charge in [-0.15, -0.1) is 0 Å². The SMILES string of the molecule is O=C(CN1C(=O)CN=C(c2ccccc2)c2cc(Br)ccc21)NN=Cc1ccccc1. The minimum Gasteiger partial charge on any atom is -0.301 e. The van der Waals surface area contributed by atoms with Gasteiger partial charge in [0.2, 0.25) is 5.91 Å². The first-order valence-corrected chi connectivity index (χ1v) is 10.5. The zero-order valence-corrected chi connectivity index (χ0v) is 18.1. The number of aliphatic imine (C=N–C) groups is 1. The number of hydrazone groups is 1. The fourth-order valence-electron chi connectivity index (χ4n) is 3.30. The van der Waals surface area contributed by atoms with E-state index in [4.69, 9.17) is 0 Å². The lowest BCUT2D eigenvalue weighted by atomic mass is 10.0. The number of halogens is 1. The monoisotopic (exact) mass is 474 g/mol. The smallest absolute Gasteiger partial charge is 0.260 e. The molecule has 0 spiro atoms. The highest BCUT2D eigenvalue weighted by atomic mass is 79.9. The van der Waals surface area contributed by atoms with Gasteiger partial charge in [0, 0.05) is 15.6 Å². The predicted octanol–water partition coefficient (Wildman–Crippen LogP) is 3.78. The van der Waals surface area contributed by atoms with E-state index in [0.717, 1.165) is 26.9 Å². The highest BCUT2D eigenvalue weighted by Crippen LogP contribution is 2.29. The van der Waals surface area contributed by atoms with Crippen LogP contribution in [0.5, 0.6) is 0 Å². The minimum atomic E-state index is -0.391. The first kappa shape index (κ1) is 20.7. The average molecular weight is 475 g/mol. The van der Waals surface area contributed by atoms with Crippen molar-refractivity contribution < 1.29 is 9.59 Å². The van der Waals surface area contributed by atoms with E-state index in [2.05, 4.69) is 31.4 Å². The van der Waals surface area contributed by atoms with Crippen LogP contribution in [0.4, 0.5) is 5.69 Å². The molecular weight excluding hydrogens is 456 g/mol. The Morgan fingerprint density at radius 2 is 1.77 bits per heavy atom. The number of benzodiazepines with no additional fused rings is 1. The molecule has 7 heteroatoms. The van der Waals surface area contributed by atoms with Crippen LogP contribution < -0.4 is 10.3 Å². The summed E-state index contributed by atoms with van der Waals surface area (Å²) in [5.74, 6) is -0.644. The molecule has 0 saturated heterocycles. The van der Waals surface area contributed by atoms with E-state index in [1.54, 1.807) is 6.21 Å². The van der Waals surface area contributed by atoms with Gasteiger partial charge in [0.25, 0.3) is 5.91 Å². The molecule has 3 aromatic rings. The molecule has 0 saturated carbocycles. The van der Waals surface area contributed by atoms with Gasteiger partial charge < -0.3 is 4.90 Å². The molecule has 1 heterocycles. The van der Waals surface area contributed by atoms with Crippen LogP contribution in [0.15, 0.2) is 93.4 Å². The number of nitrogens with zero attached hydrogens (tertiary/aromatic N) is 3. The summed E-state index contributed by atoms with van der Waals surface area (Å²) in [5, 5.41) is 3.99. The normalized spacial score (nSPS) is 13.5. The zero-order valence-electron chi connectivity index (χ0n) is 16.5. The molecule has 1 aliphatic rings. The summed E-state index contributed by atoms with van der Waals surface area (Å²) in [7, 11) is 0. The Labute approximate surface area is 188 Å². The molecular formula is C24H19BrN4O2. The lowest BCUT2D eigenvalue weighted by molar-refractivity contribution is -0.123. The van der Waals surface area contributed by atoms with Crippen molar-refractivity contribution in [2.24, 2.45) is 10.1 Å². The van der Waals surface area contributed by atoms with Crippen LogP contribution in [0.3, 0.4) is 0 Å². The Morgan fingerprint density at radius 1 is 1.06 bits per heavy atom. The second kappa shape index (κ2) is 9.49. The molecule has 154 valence electrons. The van der Waals surface area contributed by atoms with Gasteiger partial charge in [-0.2, -0.15) is 5.10 Å². The van der Waals surface area contributed by atoms with Crippen LogP contribution in [0.25, 0.3) is 0 Å². The molecule has 0 aromatic heterocycles. The molecule has 0 atom stereocenters. The third kappa shape index (κ3) is 4.95. The van der Waals surface area contributed by atoms with Gasteiger partial charge in [0.05, 0.1) is 17.6 Å². The van der Waals surface area contributed by atoms with E-state index < -0.39 is 5.91 Å². The standard InChI is InChI=1S/C24H19BrN4O2/c25-19-11-12-21-20(13-19)24(18-9-5-2-6-10-18)26-15-23(31)29(21)16-22(30)28-27-14-17-7-3-1-4-8-17/h1-14H,15-16H2,(H,28,30). The highest BCUT2D eigenvalue weighted by molar-refractivity contribution is 9.10. The van der Waals surface area contributed by atoms with Crippen LogP contribution in [0.1, 0.15) is 16.7 Å². The summed E-state index contributed by atoms with van der Waals surface area (Å²) in [4.78, 5) is 31.4.